The van der Waals surface area contributed by atoms with Crippen molar-refractivity contribution in [2.45, 2.75) is 26.2 Å². The van der Waals surface area contributed by atoms with Gasteiger partial charge in [-0.1, -0.05) is 13.0 Å². The van der Waals surface area contributed by atoms with E-state index in [1.54, 1.807) is 0 Å². The van der Waals surface area contributed by atoms with Crippen molar-refractivity contribution in [3.05, 3.63) is 23.8 Å². The number of benzene rings is 1. The Morgan fingerprint density at radius 1 is 1.39 bits per heavy atom. The molecular weight excluding hydrogens is 228 g/mol. The third kappa shape index (κ3) is 2.94. The van der Waals surface area contributed by atoms with Crippen LogP contribution in [0.5, 0.6) is 5.75 Å². The van der Waals surface area contributed by atoms with Gasteiger partial charge >= 0.3 is 0 Å². The van der Waals surface area contributed by atoms with E-state index in [-0.39, 0.29) is 12.5 Å². The molecule has 0 spiro atoms. The van der Waals surface area contributed by atoms with E-state index in [1.807, 2.05) is 23.1 Å². The van der Waals surface area contributed by atoms with Crippen LogP contribution in [0.1, 0.15) is 25.3 Å². The van der Waals surface area contributed by atoms with Gasteiger partial charge in [-0.05, 0) is 37.0 Å². The lowest BCUT2D eigenvalue weighted by Crippen LogP contribution is -2.32. The van der Waals surface area contributed by atoms with Gasteiger partial charge in [0.2, 0.25) is 0 Å². The summed E-state index contributed by atoms with van der Waals surface area (Å²) in [6.45, 7) is 3.86. The van der Waals surface area contributed by atoms with E-state index in [0.29, 0.717) is 11.4 Å². The highest BCUT2D eigenvalue weighted by atomic mass is 16.5. The highest BCUT2D eigenvalue weighted by Crippen LogP contribution is 2.23. The molecule has 0 radical (unpaired) electrons. The SMILES string of the molecule is CCc1ccc(OCC(=O)N2CCCC2)c(N)c1. The maximum Gasteiger partial charge on any atom is 0.260 e. The summed E-state index contributed by atoms with van der Waals surface area (Å²) in [4.78, 5) is 13.7. The van der Waals surface area contributed by atoms with Gasteiger partial charge in [-0.3, -0.25) is 4.79 Å². The van der Waals surface area contributed by atoms with Crippen molar-refractivity contribution in [3.8, 4) is 5.75 Å². The van der Waals surface area contributed by atoms with Crippen LogP contribution in [0.25, 0.3) is 0 Å². The second-order valence-electron chi connectivity index (χ2n) is 4.60. The summed E-state index contributed by atoms with van der Waals surface area (Å²) in [5.41, 5.74) is 7.66. The number of rotatable bonds is 4. The molecule has 18 heavy (non-hydrogen) atoms. The summed E-state index contributed by atoms with van der Waals surface area (Å²) in [5, 5.41) is 0. The maximum atomic E-state index is 11.8. The van der Waals surface area contributed by atoms with Crippen LogP contribution in [-0.2, 0) is 11.2 Å². The van der Waals surface area contributed by atoms with Gasteiger partial charge in [0.05, 0.1) is 5.69 Å². The maximum absolute atomic E-state index is 11.8. The Morgan fingerprint density at radius 3 is 2.72 bits per heavy atom. The molecule has 0 unspecified atom stereocenters. The predicted octanol–water partition coefficient (Wildman–Crippen LogP) is 1.83. The molecule has 0 bridgehead atoms. The third-order valence-corrected chi connectivity index (χ3v) is 3.29. The van der Waals surface area contributed by atoms with E-state index in [9.17, 15) is 4.79 Å². The van der Waals surface area contributed by atoms with Crippen molar-refractivity contribution in [2.75, 3.05) is 25.4 Å². The van der Waals surface area contributed by atoms with Gasteiger partial charge in [-0.2, -0.15) is 0 Å². The molecular formula is C14H20N2O2. The molecule has 0 aliphatic carbocycles. The number of nitrogens with zero attached hydrogens (tertiary/aromatic N) is 1. The number of anilines is 1. The molecule has 1 fully saturated rings. The normalized spacial score (nSPS) is 14.8. The fraction of sp³-hybridized carbons (Fsp3) is 0.500. The minimum atomic E-state index is 0.0477. The van der Waals surface area contributed by atoms with Crippen molar-refractivity contribution in [1.82, 2.24) is 4.90 Å². The molecule has 1 aliphatic heterocycles. The third-order valence-electron chi connectivity index (χ3n) is 3.29. The number of nitrogen functional groups attached to an aromatic ring is 1. The van der Waals surface area contributed by atoms with Crippen LogP contribution in [0.2, 0.25) is 0 Å². The average molecular weight is 248 g/mol. The zero-order chi connectivity index (χ0) is 13.0. The zero-order valence-electron chi connectivity index (χ0n) is 10.8. The molecule has 98 valence electrons. The topological polar surface area (TPSA) is 55.6 Å². The highest BCUT2D eigenvalue weighted by molar-refractivity contribution is 5.78. The Balaban J connectivity index is 1.91. The summed E-state index contributed by atoms with van der Waals surface area (Å²) in [7, 11) is 0. The van der Waals surface area contributed by atoms with Gasteiger partial charge in [0, 0.05) is 13.1 Å². The fourth-order valence-corrected chi connectivity index (χ4v) is 2.15. The van der Waals surface area contributed by atoms with Crippen molar-refractivity contribution in [1.29, 1.82) is 0 Å². The standard InChI is InChI=1S/C14H20N2O2/c1-2-11-5-6-13(12(15)9-11)18-10-14(17)16-7-3-4-8-16/h5-6,9H,2-4,7-8,10,15H2,1H3. The van der Waals surface area contributed by atoms with Gasteiger partial charge in [0.25, 0.3) is 5.91 Å². The largest absolute Gasteiger partial charge is 0.482 e. The van der Waals surface area contributed by atoms with Crippen LogP contribution in [0.15, 0.2) is 18.2 Å². The van der Waals surface area contributed by atoms with Gasteiger partial charge in [-0.25, -0.2) is 0 Å². The Kier molecular flexibility index (Phi) is 4.07. The molecule has 2 rings (SSSR count). The molecule has 1 saturated heterocycles. The van der Waals surface area contributed by atoms with E-state index in [4.69, 9.17) is 10.5 Å². The fourth-order valence-electron chi connectivity index (χ4n) is 2.15. The highest BCUT2D eigenvalue weighted by Gasteiger charge is 2.18. The molecule has 0 saturated carbocycles. The van der Waals surface area contributed by atoms with Gasteiger partial charge < -0.3 is 15.4 Å². The number of nitrogens with two attached hydrogens (primary N) is 1. The van der Waals surface area contributed by atoms with E-state index in [0.717, 1.165) is 32.4 Å². The minimum Gasteiger partial charge on any atom is -0.482 e. The number of amides is 1. The van der Waals surface area contributed by atoms with Gasteiger partial charge in [0.15, 0.2) is 6.61 Å². The van der Waals surface area contributed by atoms with Crippen molar-refractivity contribution >= 4 is 11.6 Å². The Labute approximate surface area is 108 Å². The Hall–Kier alpha value is -1.71. The summed E-state index contributed by atoms with van der Waals surface area (Å²) >= 11 is 0. The van der Waals surface area contributed by atoms with Crippen molar-refractivity contribution < 1.29 is 9.53 Å². The first-order valence-corrected chi connectivity index (χ1v) is 6.49. The van der Waals surface area contributed by atoms with Crippen LogP contribution in [-0.4, -0.2) is 30.5 Å². The van der Waals surface area contributed by atoms with E-state index in [2.05, 4.69) is 6.92 Å². The van der Waals surface area contributed by atoms with Gasteiger partial charge in [-0.15, -0.1) is 0 Å². The van der Waals surface area contributed by atoms with Crippen molar-refractivity contribution in [2.24, 2.45) is 0 Å². The van der Waals surface area contributed by atoms with Crippen molar-refractivity contribution in [3.63, 3.8) is 0 Å². The number of carbonyl (C=O) groups excluding carboxylic acids is 1. The molecule has 0 atom stereocenters. The summed E-state index contributed by atoms with van der Waals surface area (Å²) in [6, 6.07) is 5.72. The van der Waals surface area contributed by atoms with E-state index >= 15 is 0 Å². The Morgan fingerprint density at radius 2 is 2.11 bits per heavy atom. The molecule has 1 amide bonds. The molecule has 1 aliphatic rings. The number of hydrogen-bond acceptors (Lipinski definition) is 3. The first-order valence-electron chi connectivity index (χ1n) is 6.49. The lowest BCUT2D eigenvalue weighted by molar-refractivity contribution is -0.132. The second kappa shape index (κ2) is 5.76. The molecule has 4 heteroatoms. The molecule has 4 nitrogen and oxygen atoms in total. The Bertz CT molecular complexity index is 426. The van der Waals surface area contributed by atoms with Crippen LogP contribution >= 0.6 is 0 Å². The number of ether oxygens (including phenoxy) is 1. The minimum absolute atomic E-state index is 0.0477. The average Bonchev–Trinajstić information content (AvgIpc) is 2.90. The first kappa shape index (κ1) is 12.7. The van der Waals surface area contributed by atoms with Gasteiger partial charge in [0.1, 0.15) is 5.75 Å². The molecule has 1 aromatic carbocycles. The van der Waals surface area contributed by atoms with E-state index in [1.165, 1.54) is 5.56 Å². The molecule has 2 N–H and O–H groups in total. The lowest BCUT2D eigenvalue weighted by Gasteiger charge is -2.16. The van der Waals surface area contributed by atoms with Crippen LogP contribution < -0.4 is 10.5 Å². The van der Waals surface area contributed by atoms with Crippen LogP contribution in [0.4, 0.5) is 5.69 Å². The number of likely N-dealkylation sites (tertiary alicyclic amines) is 1. The number of aryl methyl sites for hydroxylation is 1. The summed E-state index contributed by atoms with van der Waals surface area (Å²) < 4.78 is 5.49. The quantitative estimate of drug-likeness (QED) is 0.827. The first-order chi connectivity index (χ1) is 8.70. The van der Waals surface area contributed by atoms with Crippen LogP contribution in [0, 0.1) is 0 Å². The van der Waals surface area contributed by atoms with E-state index < -0.39 is 0 Å². The zero-order valence-corrected chi connectivity index (χ0v) is 10.8. The van der Waals surface area contributed by atoms with Crippen LogP contribution in [0.3, 0.4) is 0 Å². The predicted molar refractivity (Wildman–Crippen MR) is 71.5 cm³/mol. The number of carbonyl (C=O) groups is 1. The monoisotopic (exact) mass is 248 g/mol. The smallest absolute Gasteiger partial charge is 0.260 e. The lowest BCUT2D eigenvalue weighted by atomic mass is 10.1. The summed E-state index contributed by atoms with van der Waals surface area (Å²) in [5.74, 6) is 0.645. The molecule has 1 heterocycles. The second-order valence-corrected chi connectivity index (χ2v) is 4.60. The molecule has 1 aromatic rings. The number of hydrogen-bond donors (Lipinski definition) is 1. The molecule has 0 aromatic heterocycles. The summed E-state index contributed by atoms with van der Waals surface area (Å²) in [6.07, 6.45) is 3.13.